The zero-order valence-electron chi connectivity index (χ0n) is 21.8. The van der Waals surface area contributed by atoms with Crippen molar-refractivity contribution in [3.8, 4) is 0 Å². The molecule has 3 rings (SSSR count). The standard InChI is InChI=1S/C30H47NS2/c1-5-8-10-12-14-16-19-25(20-17-15-13-11-9-6-2)23-31-27-21-24(4)32-29(27)30-28(31)22-26(33-30)18-7-3/h7,18,21-22,25H,5-6,8-17,19-20,23H2,1-4H3/b18-7+. The summed E-state index contributed by atoms with van der Waals surface area (Å²) in [7, 11) is 0. The summed E-state index contributed by atoms with van der Waals surface area (Å²) >= 11 is 3.96. The topological polar surface area (TPSA) is 4.93 Å². The summed E-state index contributed by atoms with van der Waals surface area (Å²) < 4.78 is 5.71. The number of nitrogens with zero attached hydrogens (tertiary/aromatic N) is 1. The maximum Gasteiger partial charge on any atom is 0.0707 e. The molecule has 0 spiro atoms. The molecule has 33 heavy (non-hydrogen) atoms. The molecule has 0 atom stereocenters. The highest BCUT2D eigenvalue weighted by Crippen LogP contribution is 2.41. The first-order valence-corrected chi connectivity index (χ1v) is 15.5. The molecule has 0 N–H and O–H groups in total. The molecule has 0 amide bonds. The van der Waals surface area contributed by atoms with Gasteiger partial charge in [0.15, 0.2) is 0 Å². The molecule has 3 aromatic rings. The van der Waals surface area contributed by atoms with E-state index in [0.29, 0.717) is 0 Å². The Morgan fingerprint density at radius 2 is 1.30 bits per heavy atom. The van der Waals surface area contributed by atoms with Gasteiger partial charge in [0.2, 0.25) is 0 Å². The summed E-state index contributed by atoms with van der Waals surface area (Å²) in [5.41, 5.74) is 2.96. The van der Waals surface area contributed by atoms with Crippen LogP contribution in [0.2, 0.25) is 0 Å². The fourth-order valence-corrected chi connectivity index (χ4v) is 7.51. The minimum atomic E-state index is 0.812. The highest BCUT2D eigenvalue weighted by molar-refractivity contribution is 7.27. The largest absolute Gasteiger partial charge is 0.339 e. The van der Waals surface area contributed by atoms with E-state index >= 15 is 0 Å². The van der Waals surface area contributed by atoms with E-state index in [4.69, 9.17) is 0 Å². The van der Waals surface area contributed by atoms with E-state index in [-0.39, 0.29) is 0 Å². The molecule has 0 aliphatic carbocycles. The third kappa shape index (κ3) is 7.72. The van der Waals surface area contributed by atoms with Gasteiger partial charge in [-0.2, -0.15) is 0 Å². The van der Waals surface area contributed by atoms with Crippen molar-refractivity contribution in [3.63, 3.8) is 0 Å². The Morgan fingerprint density at radius 3 is 1.91 bits per heavy atom. The lowest BCUT2D eigenvalue weighted by atomic mass is 9.94. The predicted octanol–water partition coefficient (Wildman–Crippen LogP) is 11.4. The van der Waals surface area contributed by atoms with Crippen molar-refractivity contribution >= 4 is 49.2 Å². The van der Waals surface area contributed by atoms with Crippen LogP contribution in [0.25, 0.3) is 26.5 Å². The highest BCUT2D eigenvalue weighted by atomic mass is 32.1. The van der Waals surface area contributed by atoms with E-state index in [9.17, 15) is 0 Å². The summed E-state index contributed by atoms with van der Waals surface area (Å²) in [4.78, 5) is 2.84. The van der Waals surface area contributed by atoms with Gasteiger partial charge in [-0.05, 0) is 50.8 Å². The van der Waals surface area contributed by atoms with Gasteiger partial charge in [0, 0.05) is 16.3 Å². The SMILES string of the molecule is C/C=C/c1cc2c(s1)c1sc(C)cc1n2CC(CCCCCCCC)CCCCCCCC. The van der Waals surface area contributed by atoms with E-state index in [0.717, 1.165) is 5.92 Å². The van der Waals surface area contributed by atoms with Crippen LogP contribution < -0.4 is 0 Å². The Balaban J connectivity index is 1.71. The normalized spacial score (nSPS) is 12.4. The van der Waals surface area contributed by atoms with E-state index in [1.54, 1.807) is 0 Å². The molecule has 0 bridgehead atoms. The molecule has 184 valence electrons. The third-order valence-electron chi connectivity index (χ3n) is 7.06. The Kier molecular flexibility index (Phi) is 11.6. The van der Waals surface area contributed by atoms with E-state index in [1.807, 2.05) is 22.7 Å². The molecule has 3 heteroatoms. The molecule has 0 unspecified atom stereocenters. The second kappa shape index (κ2) is 14.4. The number of aromatic nitrogens is 1. The monoisotopic (exact) mass is 485 g/mol. The Bertz CT molecular complexity index is 955. The summed E-state index contributed by atoms with van der Waals surface area (Å²) in [6.07, 6.45) is 24.1. The summed E-state index contributed by atoms with van der Waals surface area (Å²) in [6.45, 7) is 10.2. The van der Waals surface area contributed by atoms with E-state index in [1.165, 1.54) is 127 Å². The second-order valence-electron chi connectivity index (χ2n) is 10.0. The zero-order chi connectivity index (χ0) is 23.5. The molecule has 0 aromatic carbocycles. The maximum absolute atomic E-state index is 2.69. The van der Waals surface area contributed by atoms with Crippen LogP contribution in [0, 0.1) is 12.8 Å². The van der Waals surface area contributed by atoms with Crippen molar-refractivity contribution < 1.29 is 0 Å². The minimum Gasteiger partial charge on any atom is -0.339 e. The van der Waals surface area contributed by atoms with Crippen molar-refractivity contribution in [1.82, 2.24) is 4.57 Å². The van der Waals surface area contributed by atoms with Crippen LogP contribution in [0.15, 0.2) is 18.2 Å². The summed E-state index contributed by atoms with van der Waals surface area (Å²) in [5.74, 6) is 0.812. The van der Waals surface area contributed by atoms with Gasteiger partial charge in [-0.3, -0.25) is 0 Å². The molecular formula is C30H47NS2. The number of fused-ring (bicyclic) bond motifs is 3. The lowest BCUT2D eigenvalue weighted by molar-refractivity contribution is 0.364. The van der Waals surface area contributed by atoms with Crippen molar-refractivity contribution in [2.45, 2.75) is 124 Å². The van der Waals surface area contributed by atoms with Gasteiger partial charge in [0.05, 0.1) is 20.4 Å². The molecule has 0 fully saturated rings. The first-order chi connectivity index (χ1) is 16.2. The number of allylic oxidation sites excluding steroid dienone is 1. The molecule has 3 heterocycles. The van der Waals surface area contributed by atoms with Gasteiger partial charge >= 0.3 is 0 Å². The van der Waals surface area contributed by atoms with Crippen molar-refractivity contribution in [3.05, 3.63) is 28.0 Å². The lowest BCUT2D eigenvalue weighted by Crippen LogP contribution is -2.11. The summed E-state index contributed by atoms with van der Waals surface area (Å²) in [6, 6.07) is 4.88. The first-order valence-electron chi connectivity index (χ1n) is 13.8. The Labute approximate surface area is 211 Å². The number of unbranched alkanes of at least 4 members (excludes halogenated alkanes) is 10. The average molecular weight is 486 g/mol. The van der Waals surface area contributed by atoms with Gasteiger partial charge in [-0.15, -0.1) is 22.7 Å². The van der Waals surface area contributed by atoms with Crippen LogP contribution in [-0.2, 0) is 6.54 Å². The molecule has 0 saturated heterocycles. The molecule has 0 saturated carbocycles. The third-order valence-corrected chi connectivity index (χ3v) is 9.35. The Hall–Kier alpha value is -1.06. The fraction of sp³-hybridized carbons (Fsp3) is 0.667. The van der Waals surface area contributed by atoms with Gasteiger partial charge in [0.1, 0.15) is 0 Å². The van der Waals surface area contributed by atoms with Gasteiger partial charge < -0.3 is 4.57 Å². The summed E-state index contributed by atoms with van der Waals surface area (Å²) in [5, 5.41) is 0. The van der Waals surface area contributed by atoms with Crippen LogP contribution in [0.5, 0.6) is 0 Å². The molecule has 1 nitrogen and oxygen atoms in total. The molecule has 0 aliphatic heterocycles. The van der Waals surface area contributed by atoms with Crippen LogP contribution >= 0.6 is 22.7 Å². The van der Waals surface area contributed by atoms with Gasteiger partial charge in [-0.1, -0.05) is 97.0 Å². The average Bonchev–Trinajstić information content (AvgIpc) is 3.45. The molecule has 3 aromatic heterocycles. The number of rotatable bonds is 17. The number of aryl methyl sites for hydroxylation is 1. The van der Waals surface area contributed by atoms with E-state index < -0.39 is 0 Å². The van der Waals surface area contributed by atoms with Crippen molar-refractivity contribution in [2.75, 3.05) is 0 Å². The van der Waals surface area contributed by atoms with Gasteiger partial charge in [-0.25, -0.2) is 0 Å². The smallest absolute Gasteiger partial charge is 0.0707 e. The first kappa shape index (κ1) is 26.5. The highest BCUT2D eigenvalue weighted by Gasteiger charge is 2.19. The maximum atomic E-state index is 2.69. The fourth-order valence-electron chi connectivity index (χ4n) is 5.21. The Morgan fingerprint density at radius 1 is 0.758 bits per heavy atom. The molecular weight excluding hydrogens is 438 g/mol. The number of thiophene rings is 2. The molecule has 0 aliphatic rings. The zero-order valence-corrected chi connectivity index (χ0v) is 23.4. The van der Waals surface area contributed by atoms with Crippen LogP contribution in [-0.4, -0.2) is 4.57 Å². The number of hydrogen-bond acceptors (Lipinski definition) is 2. The minimum absolute atomic E-state index is 0.812. The van der Waals surface area contributed by atoms with Crippen molar-refractivity contribution in [1.29, 1.82) is 0 Å². The van der Waals surface area contributed by atoms with Crippen LogP contribution in [0.3, 0.4) is 0 Å². The number of hydrogen-bond donors (Lipinski definition) is 0. The van der Waals surface area contributed by atoms with Crippen LogP contribution in [0.4, 0.5) is 0 Å². The lowest BCUT2D eigenvalue weighted by Gasteiger charge is -2.19. The quantitative estimate of drug-likeness (QED) is 0.167. The van der Waals surface area contributed by atoms with E-state index in [2.05, 4.69) is 56.5 Å². The van der Waals surface area contributed by atoms with Crippen molar-refractivity contribution in [2.24, 2.45) is 5.92 Å². The second-order valence-corrected chi connectivity index (χ2v) is 12.4. The van der Waals surface area contributed by atoms with Crippen LogP contribution in [0.1, 0.15) is 120 Å². The van der Waals surface area contributed by atoms with Gasteiger partial charge in [0.25, 0.3) is 0 Å². The predicted molar refractivity (Wildman–Crippen MR) is 154 cm³/mol. The molecule has 0 radical (unpaired) electrons.